The van der Waals surface area contributed by atoms with Crippen LogP contribution >= 0.6 is 0 Å². The molecule has 0 aromatic rings. The highest BCUT2D eigenvalue weighted by Gasteiger charge is 2.66. The summed E-state index contributed by atoms with van der Waals surface area (Å²) in [7, 11) is 4.05. The standard InChI is InChI=1S/C28H49N3O3/c1-26-12-10-23(33-18-15-29)20-22(26)7-8-25-24(26)11-13-27(2)21(9-14-28(25,27)32)6-5-16-30-34-19-17-31(3)4/h5-6,16,21-25,32H,7-15,17-20,29H2,1-4H3/b6-5+,30-16+/t21-,22+,23-,24-,25+,26-,27+,28-/m0/s1. The van der Waals surface area contributed by atoms with E-state index in [2.05, 4.69) is 30.0 Å². The average Bonchev–Trinajstić information content (AvgIpc) is 3.07. The molecule has 6 nitrogen and oxygen atoms in total. The van der Waals surface area contributed by atoms with Crippen LogP contribution in [0.2, 0.25) is 0 Å². The van der Waals surface area contributed by atoms with Crippen molar-refractivity contribution in [1.82, 2.24) is 4.90 Å². The van der Waals surface area contributed by atoms with Crippen molar-refractivity contribution in [1.29, 1.82) is 0 Å². The van der Waals surface area contributed by atoms with Crippen LogP contribution < -0.4 is 5.73 Å². The van der Waals surface area contributed by atoms with Gasteiger partial charge in [0.2, 0.25) is 0 Å². The van der Waals surface area contributed by atoms with E-state index >= 15 is 0 Å². The SMILES string of the molecule is CN(C)CCO/N=C/C=C/[C@H]1CC[C@]2(O)[C@@H]3CC[C@@H]4C[C@@H](OCCN)CC[C@]4(C)[C@H]3CC[C@]12C. The summed E-state index contributed by atoms with van der Waals surface area (Å²) >= 11 is 0. The molecule has 0 aliphatic heterocycles. The van der Waals surface area contributed by atoms with Gasteiger partial charge in [0.1, 0.15) is 6.61 Å². The molecule has 0 spiro atoms. The van der Waals surface area contributed by atoms with E-state index in [0.29, 0.717) is 49.0 Å². The monoisotopic (exact) mass is 475 g/mol. The molecule has 0 heterocycles. The summed E-state index contributed by atoms with van der Waals surface area (Å²) in [5, 5.41) is 16.4. The average molecular weight is 476 g/mol. The van der Waals surface area contributed by atoms with Crippen LogP contribution in [0.1, 0.15) is 71.6 Å². The highest BCUT2D eigenvalue weighted by atomic mass is 16.6. The van der Waals surface area contributed by atoms with Crippen LogP contribution in [-0.4, -0.2) is 68.3 Å². The Morgan fingerprint density at radius 2 is 1.85 bits per heavy atom. The predicted molar refractivity (Wildman–Crippen MR) is 138 cm³/mol. The molecular weight excluding hydrogens is 426 g/mol. The zero-order chi connectivity index (χ0) is 24.4. The van der Waals surface area contributed by atoms with Crippen molar-refractivity contribution >= 4 is 6.21 Å². The number of aliphatic hydroxyl groups is 1. The lowest BCUT2D eigenvalue weighted by atomic mass is 9.43. The van der Waals surface area contributed by atoms with Gasteiger partial charge in [0.25, 0.3) is 0 Å². The third-order valence-corrected chi connectivity index (χ3v) is 10.5. The van der Waals surface area contributed by atoms with Crippen LogP contribution in [-0.2, 0) is 9.57 Å². The van der Waals surface area contributed by atoms with Crippen LogP contribution in [0, 0.1) is 34.5 Å². The molecule has 34 heavy (non-hydrogen) atoms. The van der Waals surface area contributed by atoms with Crippen molar-refractivity contribution in [2.24, 2.45) is 45.4 Å². The van der Waals surface area contributed by atoms with Crippen LogP contribution in [0.4, 0.5) is 0 Å². The van der Waals surface area contributed by atoms with E-state index in [0.717, 1.165) is 44.6 Å². The molecule has 0 radical (unpaired) electrons. The van der Waals surface area contributed by atoms with E-state index in [1.807, 2.05) is 20.2 Å². The zero-order valence-corrected chi connectivity index (χ0v) is 22.0. The van der Waals surface area contributed by atoms with Crippen molar-refractivity contribution in [2.45, 2.75) is 83.3 Å². The van der Waals surface area contributed by atoms with Gasteiger partial charge in [-0.05, 0) is 107 Å². The summed E-state index contributed by atoms with van der Waals surface area (Å²) in [5.74, 6) is 2.18. The number of allylic oxidation sites excluding steroid dienone is 2. The first kappa shape index (κ1) is 26.1. The van der Waals surface area contributed by atoms with Crippen molar-refractivity contribution in [2.75, 3.05) is 40.4 Å². The molecule has 0 amide bonds. The molecule has 0 aromatic heterocycles. The molecule has 4 rings (SSSR count). The number of ether oxygens (including phenoxy) is 1. The summed E-state index contributed by atoms with van der Waals surface area (Å²) in [6.45, 7) is 7.65. The minimum Gasteiger partial charge on any atom is -0.394 e. The molecule has 4 aliphatic carbocycles. The lowest BCUT2D eigenvalue weighted by Gasteiger charge is -2.63. The van der Waals surface area contributed by atoms with Crippen LogP contribution in [0.25, 0.3) is 0 Å². The summed E-state index contributed by atoms with van der Waals surface area (Å²) in [6.07, 6.45) is 16.8. The molecule has 4 saturated carbocycles. The van der Waals surface area contributed by atoms with Gasteiger partial charge in [0.05, 0.1) is 24.5 Å². The lowest BCUT2D eigenvalue weighted by Crippen LogP contribution is -2.62. The summed E-state index contributed by atoms with van der Waals surface area (Å²) in [5.41, 5.74) is 5.42. The molecule has 0 bridgehead atoms. The van der Waals surface area contributed by atoms with E-state index in [1.54, 1.807) is 6.21 Å². The van der Waals surface area contributed by atoms with Gasteiger partial charge >= 0.3 is 0 Å². The zero-order valence-electron chi connectivity index (χ0n) is 22.0. The van der Waals surface area contributed by atoms with Crippen LogP contribution in [0.15, 0.2) is 17.3 Å². The smallest absolute Gasteiger partial charge is 0.129 e. The Hall–Kier alpha value is -0.950. The normalized spacial score (nSPS) is 44.4. The second-order valence-electron chi connectivity index (χ2n) is 12.4. The van der Waals surface area contributed by atoms with Gasteiger partial charge in [-0.15, -0.1) is 0 Å². The summed E-state index contributed by atoms with van der Waals surface area (Å²) in [6, 6.07) is 0. The first-order chi connectivity index (χ1) is 16.2. The van der Waals surface area contributed by atoms with E-state index < -0.39 is 5.60 Å². The third-order valence-electron chi connectivity index (χ3n) is 10.5. The fourth-order valence-corrected chi connectivity index (χ4v) is 8.46. The summed E-state index contributed by atoms with van der Waals surface area (Å²) < 4.78 is 6.06. The Balaban J connectivity index is 1.40. The Kier molecular flexibility index (Phi) is 8.13. The number of hydrogen-bond donors (Lipinski definition) is 2. The van der Waals surface area contributed by atoms with Gasteiger partial charge in [-0.2, -0.15) is 0 Å². The molecule has 4 aliphatic rings. The van der Waals surface area contributed by atoms with Gasteiger partial charge in [-0.3, -0.25) is 0 Å². The number of oxime groups is 1. The minimum atomic E-state index is -0.550. The lowest BCUT2D eigenvalue weighted by molar-refractivity contribution is -0.209. The molecule has 8 atom stereocenters. The van der Waals surface area contributed by atoms with Gasteiger partial charge in [-0.25, -0.2) is 0 Å². The molecule has 0 aromatic carbocycles. The number of nitrogens with zero attached hydrogens (tertiary/aromatic N) is 2. The van der Waals surface area contributed by atoms with Gasteiger partial charge in [-0.1, -0.05) is 25.1 Å². The Morgan fingerprint density at radius 1 is 1.03 bits per heavy atom. The number of likely N-dealkylation sites (N-methyl/N-ethyl adjacent to an activating group) is 1. The highest BCUT2D eigenvalue weighted by Crippen LogP contribution is 2.69. The van der Waals surface area contributed by atoms with E-state index in [1.165, 1.54) is 25.7 Å². The van der Waals surface area contributed by atoms with E-state index in [9.17, 15) is 5.11 Å². The predicted octanol–water partition coefficient (Wildman–Crippen LogP) is 4.22. The largest absolute Gasteiger partial charge is 0.394 e. The molecule has 4 fully saturated rings. The first-order valence-corrected chi connectivity index (χ1v) is 13.8. The van der Waals surface area contributed by atoms with Gasteiger partial charge in [0, 0.05) is 18.5 Å². The van der Waals surface area contributed by atoms with Crippen LogP contribution in [0.3, 0.4) is 0 Å². The Bertz CT molecular complexity index is 742. The molecule has 0 saturated heterocycles. The second kappa shape index (κ2) is 10.6. The minimum absolute atomic E-state index is 0.0467. The molecular formula is C28H49N3O3. The van der Waals surface area contributed by atoms with Crippen molar-refractivity contribution < 1.29 is 14.7 Å². The maximum absolute atomic E-state index is 12.3. The Morgan fingerprint density at radius 3 is 2.62 bits per heavy atom. The maximum atomic E-state index is 12.3. The second-order valence-corrected chi connectivity index (χ2v) is 12.4. The highest BCUT2D eigenvalue weighted by molar-refractivity contribution is 5.70. The van der Waals surface area contributed by atoms with Gasteiger partial charge in [0.15, 0.2) is 0 Å². The molecule has 194 valence electrons. The topological polar surface area (TPSA) is 80.3 Å². The molecule has 3 N–H and O–H groups in total. The van der Waals surface area contributed by atoms with Crippen molar-refractivity contribution in [3.05, 3.63) is 12.2 Å². The van der Waals surface area contributed by atoms with Gasteiger partial charge < -0.3 is 25.3 Å². The van der Waals surface area contributed by atoms with E-state index in [4.69, 9.17) is 15.3 Å². The number of nitrogens with two attached hydrogens (primary N) is 1. The Labute approximate surface area is 207 Å². The third kappa shape index (κ3) is 4.72. The number of hydrogen-bond acceptors (Lipinski definition) is 6. The quantitative estimate of drug-likeness (QED) is 0.296. The van der Waals surface area contributed by atoms with Crippen molar-refractivity contribution in [3.63, 3.8) is 0 Å². The fourth-order valence-electron chi connectivity index (χ4n) is 8.46. The van der Waals surface area contributed by atoms with Crippen molar-refractivity contribution in [3.8, 4) is 0 Å². The number of rotatable bonds is 9. The van der Waals surface area contributed by atoms with E-state index in [-0.39, 0.29) is 5.41 Å². The number of fused-ring (bicyclic) bond motifs is 5. The maximum Gasteiger partial charge on any atom is 0.129 e. The van der Waals surface area contributed by atoms with Crippen LogP contribution in [0.5, 0.6) is 0 Å². The fraction of sp³-hybridized carbons (Fsp3) is 0.893. The summed E-state index contributed by atoms with van der Waals surface area (Å²) in [4.78, 5) is 7.41. The molecule has 6 heteroatoms. The molecule has 0 unspecified atom stereocenters. The first-order valence-electron chi connectivity index (χ1n) is 13.8.